The summed E-state index contributed by atoms with van der Waals surface area (Å²) in [5, 5.41) is 2.88. The maximum absolute atomic E-state index is 12.3. The zero-order valence-corrected chi connectivity index (χ0v) is 13.7. The molecule has 118 valence electrons. The van der Waals surface area contributed by atoms with Crippen LogP contribution in [0.2, 0.25) is 0 Å². The number of carbonyl (C=O) groups is 1. The van der Waals surface area contributed by atoms with Crippen molar-refractivity contribution in [2.24, 2.45) is 7.05 Å². The van der Waals surface area contributed by atoms with Gasteiger partial charge < -0.3 is 9.88 Å². The summed E-state index contributed by atoms with van der Waals surface area (Å²) >= 11 is 1.04. The number of aryl methyl sites for hydroxylation is 3. The first-order valence-corrected chi connectivity index (χ1v) is 8.97. The Labute approximate surface area is 131 Å². The maximum atomic E-state index is 12.3. The predicted octanol–water partition coefficient (Wildman–Crippen LogP) is 0.662. The maximum Gasteiger partial charge on any atom is 0.282 e. The first kappa shape index (κ1) is 15.0. The first-order chi connectivity index (χ1) is 10.4. The summed E-state index contributed by atoms with van der Waals surface area (Å²) in [7, 11) is -2.09. The third-order valence-corrected chi connectivity index (χ3v) is 5.71. The van der Waals surface area contributed by atoms with Gasteiger partial charge in [-0.25, -0.2) is 9.97 Å². The number of hydrogen-bond donors (Lipinski definition) is 2. The Hall–Kier alpha value is -1.94. The number of thiazole rings is 1. The molecule has 2 aromatic heterocycles. The molecule has 10 heteroatoms. The van der Waals surface area contributed by atoms with Crippen LogP contribution in [0.4, 0.5) is 5.13 Å². The molecule has 0 fully saturated rings. The summed E-state index contributed by atoms with van der Waals surface area (Å²) in [5.74, 6) is 0.388. The number of nitrogens with one attached hydrogen (secondary N) is 2. The second kappa shape index (κ2) is 5.36. The lowest BCUT2D eigenvalue weighted by Gasteiger charge is -2.01. The number of rotatable bonds is 3. The van der Waals surface area contributed by atoms with Gasteiger partial charge in [-0.15, -0.1) is 0 Å². The van der Waals surface area contributed by atoms with Gasteiger partial charge in [-0.3, -0.25) is 9.52 Å². The van der Waals surface area contributed by atoms with Crippen molar-refractivity contribution in [2.45, 2.75) is 24.8 Å². The van der Waals surface area contributed by atoms with Crippen LogP contribution in [0.5, 0.6) is 0 Å². The molecule has 0 unspecified atom stereocenters. The fourth-order valence-electron chi connectivity index (χ4n) is 2.10. The van der Waals surface area contributed by atoms with Crippen molar-refractivity contribution in [1.29, 1.82) is 0 Å². The third-order valence-electron chi connectivity index (χ3n) is 3.36. The number of carbonyl (C=O) groups excluding carboxylic acids is 1. The van der Waals surface area contributed by atoms with E-state index in [9.17, 15) is 13.2 Å². The third kappa shape index (κ3) is 2.71. The van der Waals surface area contributed by atoms with E-state index in [0.29, 0.717) is 29.4 Å². The number of sulfonamides is 1. The van der Waals surface area contributed by atoms with E-state index in [1.54, 1.807) is 18.5 Å². The first-order valence-electron chi connectivity index (χ1n) is 6.67. The van der Waals surface area contributed by atoms with Gasteiger partial charge in [0.2, 0.25) is 0 Å². The fourth-order valence-corrected chi connectivity index (χ4v) is 4.31. The minimum absolute atomic E-state index is 0.0673. The number of anilines is 1. The quantitative estimate of drug-likeness (QED) is 0.853. The van der Waals surface area contributed by atoms with Crippen molar-refractivity contribution >= 4 is 32.4 Å². The van der Waals surface area contributed by atoms with Crippen LogP contribution in [0, 0.1) is 6.92 Å². The molecule has 3 rings (SSSR count). The zero-order chi connectivity index (χ0) is 15.9. The lowest BCUT2D eigenvalue weighted by Crippen LogP contribution is -2.21. The van der Waals surface area contributed by atoms with Crippen molar-refractivity contribution in [1.82, 2.24) is 19.9 Å². The molecular weight excluding hydrogens is 326 g/mol. The normalized spacial score (nSPS) is 15.1. The highest BCUT2D eigenvalue weighted by molar-refractivity contribution is 7.92. The molecule has 0 aromatic carbocycles. The Balaban J connectivity index is 1.90. The predicted molar refractivity (Wildman–Crippen MR) is 81.5 cm³/mol. The van der Waals surface area contributed by atoms with Crippen molar-refractivity contribution in [3.63, 3.8) is 0 Å². The highest BCUT2D eigenvalue weighted by atomic mass is 32.2. The SMILES string of the molecule is Cc1nc(S(=O)(=O)Nc2nc3c(s2)C(=O)NCCC3)cn1C. The van der Waals surface area contributed by atoms with Crippen LogP contribution in [0.1, 0.15) is 27.6 Å². The Kier molecular flexibility index (Phi) is 3.65. The molecule has 0 bridgehead atoms. The van der Waals surface area contributed by atoms with Gasteiger partial charge in [-0.05, 0) is 19.8 Å². The summed E-state index contributed by atoms with van der Waals surface area (Å²) in [6, 6.07) is 0. The van der Waals surface area contributed by atoms with Crippen LogP contribution >= 0.6 is 11.3 Å². The summed E-state index contributed by atoms with van der Waals surface area (Å²) in [5.41, 5.74) is 0.634. The molecule has 3 heterocycles. The topological polar surface area (TPSA) is 106 Å². The van der Waals surface area contributed by atoms with Crippen molar-refractivity contribution < 1.29 is 13.2 Å². The van der Waals surface area contributed by atoms with Crippen molar-refractivity contribution in [2.75, 3.05) is 11.3 Å². The van der Waals surface area contributed by atoms with Gasteiger partial charge in [-0.2, -0.15) is 8.42 Å². The molecule has 2 N–H and O–H groups in total. The van der Waals surface area contributed by atoms with E-state index in [4.69, 9.17) is 0 Å². The molecule has 0 saturated heterocycles. The average Bonchev–Trinajstić information content (AvgIpc) is 2.94. The van der Waals surface area contributed by atoms with Gasteiger partial charge in [0.15, 0.2) is 10.2 Å². The Bertz CT molecular complexity index is 818. The fraction of sp³-hybridized carbons (Fsp3) is 0.417. The monoisotopic (exact) mass is 341 g/mol. The van der Waals surface area contributed by atoms with Crippen LogP contribution in [-0.2, 0) is 23.5 Å². The number of hydrogen-bond acceptors (Lipinski definition) is 6. The molecule has 0 atom stereocenters. The summed E-state index contributed by atoms with van der Waals surface area (Å²) < 4.78 is 28.6. The smallest absolute Gasteiger partial charge is 0.282 e. The molecule has 0 radical (unpaired) electrons. The molecule has 22 heavy (non-hydrogen) atoms. The number of imidazole rings is 1. The van der Waals surface area contributed by atoms with Crippen LogP contribution in [0.3, 0.4) is 0 Å². The van der Waals surface area contributed by atoms with E-state index in [1.165, 1.54) is 6.20 Å². The van der Waals surface area contributed by atoms with Crippen LogP contribution in [0.25, 0.3) is 0 Å². The molecule has 0 aliphatic carbocycles. The molecule has 2 aromatic rings. The van der Waals surface area contributed by atoms with Gasteiger partial charge in [0.05, 0.1) is 5.69 Å². The number of amides is 1. The Morgan fingerprint density at radius 2 is 2.18 bits per heavy atom. The lowest BCUT2D eigenvalue weighted by molar-refractivity contribution is 0.0960. The van der Waals surface area contributed by atoms with E-state index < -0.39 is 10.0 Å². The second-order valence-electron chi connectivity index (χ2n) is 5.00. The van der Waals surface area contributed by atoms with Gasteiger partial charge in [-0.1, -0.05) is 11.3 Å². The lowest BCUT2D eigenvalue weighted by atomic mass is 10.2. The van der Waals surface area contributed by atoms with Gasteiger partial charge in [0.1, 0.15) is 10.7 Å². The van der Waals surface area contributed by atoms with E-state index in [-0.39, 0.29) is 16.1 Å². The Morgan fingerprint density at radius 3 is 2.86 bits per heavy atom. The van der Waals surface area contributed by atoms with Gasteiger partial charge in [0, 0.05) is 19.8 Å². The zero-order valence-electron chi connectivity index (χ0n) is 12.1. The van der Waals surface area contributed by atoms with E-state index in [1.807, 2.05) is 0 Å². The highest BCUT2D eigenvalue weighted by Crippen LogP contribution is 2.27. The minimum Gasteiger partial charge on any atom is -0.351 e. The van der Waals surface area contributed by atoms with Crippen molar-refractivity contribution in [3.05, 3.63) is 22.6 Å². The number of aromatic nitrogens is 3. The standard InChI is InChI=1S/C12H15N5O3S2/c1-7-14-9(6-17(7)2)22(19,20)16-12-15-8-4-3-5-13-11(18)10(8)21-12/h6H,3-5H2,1-2H3,(H,13,18)(H,15,16). The Morgan fingerprint density at radius 1 is 1.41 bits per heavy atom. The highest BCUT2D eigenvalue weighted by Gasteiger charge is 2.24. The second-order valence-corrected chi connectivity index (χ2v) is 7.63. The van der Waals surface area contributed by atoms with Crippen LogP contribution < -0.4 is 10.0 Å². The van der Waals surface area contributed by atoms with E-state index in [2.05, 4.69) is 20.0 Å². The molecule has 0 spiro atoms. The van der Waals surface area contributed by atoms with Gasteiger partial charge >= 0.3 is 0 Å². The minimum atomic E-state index is -3.81. The molecular formula is C12H15N5O3S2. The largest absolute Gasteiger partial charge is 0.351 e. The molecule has 1 aliphatic heterocycles. The van der Waals surface area contributed by atoms with E-state index >= 15 is 0 Å². The molecule has 0 saturated carbocycles. The van der Waals surface area contributed by atoms with Crippen LogP contribution in [0.15, 0.2) is 11.2 Å². The summed E-state index contributed by atoms with van der Waals surface area (Å²) in [6.45, 7) is 2.32. The number of fused-ring (bicyclic) bond motifs is 1. The number of nitrogens with zero attached hydrogens (tertiary/aromatic N) is 3. The average molecular weight is 341 g/mol. The summed E-state index contributed by atoms with van der Waals surface area (Å²) in [4.78, 5) is 20.6. The van der Waals surface area contributed by atoms with Gasteiger partial charge in [0.25, 0.3) is 15.9 Å². The summed E-state index contributed by atoms with van der Waals surface area (Å²) in [6.07, 6.45) is 2.87. The van der Waals surface area contributed by atoms with Crippen LogP contribution in [-0.4, -0.2) is 35.4 Å². The van der Waals surface area contributed by atoms with E-state index in [0.717, 1.165) is 17.8 Å². The molecule has 1 aliphatic rings. The molecule has 1 amide bonds. The molecule has 8 nitrogen and oxygen atoms in total. The van der Waals surface area contributed by atoms with Crippen molar-refractivity contribution in [3.8, 4) is 0 Å².